The number of fused-ring (bicyclic) bond motifs is 8. The second-order valence-corrected chi connectivity index (χ2v) is 32.1. The Kier molecular flexibility index (Phi) is 23.2. The van der Waals surface area contributed by atoms with Gasteiger partial charge in [-0.05, 0) is 134 Å². The zero-order valence-electron chi connectivity index (χ0n) is 55.3. The molecule has 0 saturated carbocycles. The van der Waals surface area contributed by atoms with Crippen molar-refractivity contribution >= 4 is 31.0 Å². The molecule has 0 aromatic heterocycles. The molecule has 6 fully saturated rings. The highest BCUT2D eigenvalue weighted by Crippen LogP contribution is 2.52. The summed E-state index contributed by atoms with van der Waals surface area (Å²) in [7, 11) is 0.648. The van der Waals surface area contributed by atoms with Gasteiger partial charge in [-0.15, -0.1) is 0 Å². The van der Waals surface area contributed by atoms with Crippen LogP contribution in [-0.2, 0) is 19.7 Å². The second kappa shape index (κ2) is 30.0. The van der Waals surface area contributed by atoms with Gasteiger partial charge in [0.1, 0.15) is 11.5 Å². The van der Waals surface area contributed by atoms with E-state index < -0.39 is 54.5 Å². The Bertz CT molecular complexity index is 2830. The molecule has 88 heavy (non-hydrogen) atoms. The molecule has 0 aliphatic carbocycles. The van der Waals surface area contributed by atoms with Gasteiger partial charge < -0.3 is 38.5 Å². The smallest absolute Gasteiger partial charge is 0.179 e. The van der Waals surface area contributed by atoms with Crippen molar-refractivity contribution in [2.75, 3.05) is 154 Å². The molecule has 2 N–H and O–H groups in total. The van der Waals surface area contributed by atoms with Gasteiger partial charge in [-0.1, -0.05) is 103 Å². The van der Waals surface area contributed by atoms with Crippen LogP contribution in [0.5, 0.6) is 11.5 Å². The van der Waals surface area contributed by atoms with E-state index >= 15 is 0 Å². The van der Waals surface area contributed by atoms with Crippen molar-refractivity contribution in [2.24, 2.45) is 10.8 Å². The number of anilines is 2. The number of rotatable bonds is 28. The van der Waals surface area contributed by atoms with Gasteiger partial charge in [0.15, 0.2) is 19.7 Å². The SMILES string of the molecule is CCCCC1(CCCC)CS(=O)(=O)c2ccc(N(C)C)cc2[C@@H](c2ccc(OCCCC[N+]34CCN(CC3)CC4)cc2)[C@H]1O.CCCCC1(CCCC)CS(=O)(=O)c2ccc(N(C)C)cc2[C@@H](c2ccc(OCCCC[N+]34CCN(CC3)CC4)cc2)[C@H]1O. The second-order valence-electron chi connectivity index (χ2n) is 28.1. The van der Waals surface area contributed by atoms with Crippen LogP contribution in [-0.4, -0.2) is 203 Å². The first-order valence-corrected chi connectivity index (χ1v) is 37.6. The summed E-state index contributed by atoms with van der Waals surface area (Å²) in [6.45, 7) is 27.8. The summed E-state index contributed by atoms with van der Waals surface area (Å²) in [6, 6.07) is 27.5. The summed E-state index contributed by atoms with van der Waals surface area (Å²) >= 11 is 0. The number of hydrogen-bond acceptors (Lipinski definition) is 12. The molecule has 4 bridgehead atoms. The van der Waals surface area contributed by atoms with Gasteiger partial charge in [-0.3, -0.25) is 9.80 Å². The van der Waals surface area contributed by atoms with Gasteiger partial charge in [0.05, 0.1) is 99.1 Å². The number of unbranched alkanes of at least 4 members (excludes halogenated alkanes) is 6. The summed E-state index contributed by atoms with van der Waals surface area (Å²) in [6.07, 6.45) is 13.1. The van der Waals surface area contributed by atoms with Gasteiger partial charge in [-0.25, -0.2) is 16.8 Å². The number of sulfone groups is 2. The summed E-state index contributed by atoms with van der Waals surface area (Å²) in [4.78, 5) is 9.91. The summed E-state index contributed by atoms with van der Waals surface area (Å²) in [5, 5.41) is 24.8. The lowest BCUT2D eigenvalue weighted by Crippen LogP contribution is -2.67. The summed E-state index contributed by atoms with van der Waals surface area (Å²) in [5.74, 6) is 0.756. The van der Waals surface area contributed by atoms with E-state index in [0.29, 0.717) is 59.8 Å². The minimum absolute atomic E-state index is 0.00850. The highest BCUT2D eigenvalue weighted by Gasteiger charge is 2.51. The van der Waals surface area contributed by atoms with Crippen molar-refractivity contribution in [3.8, 4) is 11.5 Å². The van der Waals surface area contributed by atoms with Crippen LogP contribution in [0.3, 0.4) is 0 Å². The average Bonchev–Trinajstić information content (AvgIpc) is 1.77. The molecule has 488 valence electrons. The molecular weight excluding hydrogens is 1140 g/mol. The minimum atomic E-state index is -3.61. The number of quaternary nitrogens is 2. The summed E-state index contributed by atoms with van der Waals surface area (Å²) < 4.78 is 71.2. The number of aliphatic hydroxyl groups excluding tert-OH is 2. The first-order valence-electron chi connectivity index (χ1n) is 34.3. The van der Waals surface area contributed by atoms with E-state index in [9.17, 15) is 27.0 Å². The maximum absolute atomic E-state index is 14.1. The van der Waals surface area contributed by atoms with Crippen LogP contribution in [0.1, 0.15) is 165 Å². The van der Waals surface area contributed by atoms with E-state index in [1.54, 1.807) is 12.1 Å². The predicted octanol–water partition coefficient (Wildman–Crippen LogP) is 11.4. The molecule has 0 amide bonds. The van der Waals surface area contributed by atoms with Crippen LogP contribution in [0, 0.1) is 10.8 Å². The Morgan fingerprint density at radius 2 is 0.784 bits per heavy atom. The Balaban J connectivity index is 0.000000209. The van der Waals surface area contributed by atoms with Crippen molar-refractivity contribution < 1.29 is 45.5 Å². The van der Waals surface area contributed by atoms with Crippen LogP contribution in [0.4, 0.5) is 11.4 Å². The number of aliphatic hydroxyl groups is 2. The Morgan fingerprint density at radius 1 is 0.466 bits per heavy atom. The van der Waals surface area contributed by atoms with Gasteiger partial charge >= 0.3 is 0 Å². The lowest BCUT2D eigenvalue weighted by atomic mass is 9.68. The average molecular weight is 1250 g/mol. The highest BCUT2D eigenvalue weighted by molar-refractivity contribution is 7.91. The standard InChI is InChI=1S/2C36H56N3O4S/c2*1-5-7-17-36(18-8-6-2)28-44(41,42)33-16-13-30(37(3)4)27-32(33)34(35(36)40)29-11-14-31(15-12-29)43-26-10-9-22-39-23-19-38(20-24-39)21-25-39/h2*11-16,27,34-35,40H,5-10,17-26,28H2,1-4H3/q2*+1/t2*34-,35-/m11/s1. The molecular formula is C72H112N6O8S2+2. The monoisotopic (exact) mass is 1250 g/mol. The minimum Gasteiger partial charge on any atom is -0.494 e. The molecule has 16 heteroatoms. The van der Waals surface area contributed by atoms with Crippen LogP contribution >= 0.6 is 0 Å². The molecule has 0 unspecified atom stereocenters. The zero-order chi connectivity index (χ0) is 62.7. The number of nitrogens with zero attached hydrogens (tertiary/aromatic N) is 6. The first-order chi connectivity index (χ1) is 42.2. The van der Waals surface area contributed by atoms with E-state index in [0.717, 1.165) is 98.2 Å². The number of benzene rings is 4. The van der Waals surface area contributed by atoms with E-state index in [1.165, 1.54) is 113 Å². The predicted molar refractivity (Wildman–Crippen MR) is 359 cm³/mol. The Hall–Kier alpha value is -4.26. The van der Waals surface area contributed by atoms with Crippen LogP contribution < -0.4 is 19.3 Å². The maximum Gasteiger partial charge on any atom is 0.179 e. The Labute approximate surface area is 531 Å². The normalized spacial score (nSPS) is 27.0. The fraction of sp³-hybridized carbons (Fsp3) is 0.667. The molecule has 4 aromatic carbocycles. The van der Waals surface area contributed by atoms with Gasteiger partial charge in [0.25, 0.3) is 0 Å². The van der Waals surface area contributed by atoms with Crippen molar-refractivity contribution in [2.45, 2.75) is 164 Å². The van der Waals surface area contributed by atoms with E-state index in [1.807, 2.05) is 111 Å². The van der Waals surface area contributed by atoms with Crippen LogP contribution in [0.25, 0.3) is 0 Å². The number of hydrogen-bond donors (Lipinski definition) is 2. The van der Waals surface area contributed by atoms with Crippen LogP contribution in [0.2, 0.25) is 0 Å². The van der Waals surface area contributed by atoms with Gasteiger partial charge in [-0.2, -0.15) is 0 Å². The fourth-order valence-corrected chi connectivity index (χ4v) is 20.3. The molecule has 8 aliphatic rings. The largest absolute Gasteiger partial charge is 0.494 e. The summed E-state index contributed by atoms with van der Waals surface area (Å²) in [5.41, 5.74) is 3.76. The van der Waals surface area contributed by atoms with Crippen molar-refractivity contribution in [3.05, 3.63) is 107 Å². The molecule has 4 aromatic rings. The third-order valence-electron chi connectivity index (χ3n) is 21.7. The van der Waals surface area contributed by atoms with Crippen molar-refractivity contribution in [3.63, 3.8) is 0 Å². The quantitative estimate of drug-likeness (QED) is 0.0413. The molecule has 8 heterocycles. The van der Waals surface area contributed by atoms with E-state index in [2.05, 4.69) is 37.5 Å². The third kappa shape index (κ3) is 15.8. The maximum atomic E-state index is 14.1. The number of piperazine rings is 6. The first kappa shape index (κ1) is 68.1. The van der Waals surface area contributed by atoms with Crippen molar-refractivity contribution in [1.82, 2.24) is 9.80 Å². The molecule has 6 saturated heterocycles. The van der Waals surface area contributed by atoms with E-state index in [-0.39, 0.29) is 11.5 Å². The molecule has 4 atom stereocenters. The van der Waals surface area contributed by atoms with Crippen LogP contribution in [0.15, 0.2) is 94.7 Å². The van der Waals surface area contributed by atoms with Gasteiger partial charge in [0, 0.05) is 101 Å². The Morgan fingerprint density at radius 3 is 1.08 bits per heavy atom. The molecule has 14 nitrogen and oxygen atoms in total. The lowest BCUT2D eigenvalue weighted by molar-refractivity contribution is -0.941. The highest BCUT2D eigenvalue weighted by atomic mass is 32.2. The third-order valence-corrected chi connectivity index (χ3v) is 25.7. The van der Waals surface area contributed by atoms with Gasteiger partial charge in [0.2, 0.25) is 0 Å². The molecule has 12 rings (SSSR count). The zero-order valence-corrected chi connectivity index (χ0v) is 56.9. The molecule has 0 radical (unpaired) electrons. The lowest BCUT2D eigenvalue weighted by Gasteiger charge is -2.50. The van der Waals surface area contributed by atoms with E-state index in [4.69, 9.17) is 9.47 Å². The van der Waals surface area contributed by atoms with Crippen molar-refractivity contribution in [1.29, 1.82) is 0 Å². The molecule has 0 spiro atoms. The number of ether oxygens (including phenoxy) is 2. The fourth-order valence-electron chi connectivity index (χ4n) is 15.9. The molecule has 8 aliphatic heterocycles. The topological polar surface area (TPSA) is 140 Å².